The first-order valence-corrected chi connectivity index (χ1v) is 6.69. The molecule has 0 radical (unpaired) electrons. The van der Waals surface area contributed by atoms with Gasteiger partial charge in [0.25, 0.3) is 0 Å². The van der Waals surface area contributed by atoms with Gasteiger partial charge in [-0.05, 0) is 25.1 Å². The van der Waals surface area contributed by atoms with Crippen LogP contribution in [0.2, 0.25) is 0 Å². The number of aliphatic hydroxyl groups is 1. The van der Waals surface area contributed by atoms with Crippen LogP contribution < -0.4 is 10.1 Å². The summed E-state index contributed by atoms with van der Waals surface area (Å²) in [7, 11) is 0. The van der Waals surface area contributed by atoms with Crippen molar-refractivity contribution in [1.82, 2.24) is 10.3 Å². The highest BCUT2D eigenvalue weighted by Gasteiger charge is 2.09. The van der Waals surface area contributed by atoms with Crippen LogP contribution in [0.5, 0.6) is 5.75 Å². The predicted octanol–water partition coefficient (Wildman–Crippen LogP) is 2.21. The van der Waals surface area contributed by atoms with Gasteiger partial charge in [-0.25, -0.2) is 0 Å². The standard InChI is InChI=1S/C15H22N2O2/c1-10(2)16-8-12(18)9-19-15-6-4-5-14-13(15)7-11(3)17-14/h4-7,10,12,16-18H,8-9H2,1-3H3/t12-/m1/s1. The van der Waals surface area contributed by atoms with E-state index in [0.29, 0.717) is 19.2 Å². The van der Waals surface area contributed by atoms with E-state index < -0.39 is 6.10 Å². The molecule has 4 heteroatoms. The highest BCUT2D eigenvalue weighted by molar-refractivity contribution is 5.86. The number of aromatic amines is 1. The van der Waals surface area contributed by atoms with Crippen molar-refractivity contribution in [2.75, 3.05) is 13.2 Å². The molecule has 1 heterocycles. The van der Waals surface area contributed by atoms with Crippen LogP contribution in [0.15, 0.2) is 24.3 Å². The van der Waals surface area contributed by atoms with E-state index in [1.807, 2.05) is 25.1 Å². The summed E-state index contributed by atoms with van der Waals surface area (Å²) >= 11 is 0. The Balaban J connectivity index is 1.97. The predicted molar refractivity (Wildman–Crippen MR) is 77.7 cm³/mol. The third-order valence-electron chi connectivity index (χ3n) is 2.95. The average molecular weight is 262 g/mol. The number of hydrogen-bond acceptors (Lipinski definition) is 3. The molecule has 1 aromatic carbocycles. The Morgan fingerprint density at radius 2 is 2.16 bits per heavy atom. The van der Waals surface area contributed by atoms with Crippen LogP contribution in [0.3, 0.4) is 0 Å². The largest absolute Gasteiger partial charge is 0.490 e. The molecule has 0 amide bonds. The Morgan fingerprint density at radius 1 is 1.37 bits per heavy atom. The lowest BCUT2D eigenvalue weighted by Crippen LogP contribution is -2.35. The van der Waals surface area contributed by atoms with Crippen LogP contribution in [0.4, 0.5) is 0 Å². The summed E-state index contributed by atoms with van der Waals surface area (Å²) in [5.41, 5.74) is 2.16. The molecule has 19 heavy (non-hydrogen) atoms. The van der Waals surface area contributed by atoms with Gasteiger partial charge in [-0.1, -0.05) is 19.9 Å². The van der Waals surface area contributed by atoms with Gasteiger partial charge in [0.15, 0.2) is 0 Å². The lowest BCUT2D eigenvalue weighted by molar-refractivity contribution is 0.105. The van der Waals surface area contributed by atoms with E-state index in [1.54, 1.807) is 0 Å². The topological polar surface area (TPSA) is 57.3 Å². The highest BCUT2D eigenvalue weighted by atomic mass is 16.5. The normalized spacial score (nSPS) is 13.1. The maximum atomic E-state index is 9.84. The zero-order valence-electron chi connectivity index (χ0n) is 11.7. The van der Waals surface area contributed by atoms with Crippen molar-refractivity contribution in [3.8, 4) is 5.75 Å². The molecule has 4 nitrogen and oxygen atoms in total. The summed E-state index contributed by atoms with van der Waals surface area (Å²) in [6, 6.07) is 8.32. The van der Waals surface area contributed by atoms with Gasteiger partial charge >= 0.3 is 0 Å². The van der Waals surface area contributed by atoms with Crippen LogP contribution in [-0.4, -0.2) is 35.4 Å². The van der Waals surface area contributed by atoms with Gasteiger partial charge in [-0.2, -0.15) is 0 Å². The summed E-state index contributed by atoms with van der Waals surface area (Å²) in [5, 5.41) is 14.1. The van der Waals surface area contributed by atoms with Gasteiger partial charge in [0.2, 0.25) is 0 Å². The minimum absolute atomic E-state index is 0.295. The number of benzene rings is 1. The third kappa shape index (κ3) is 3.72. The Bertz CT molecular complexity index is 534. The number of rotatable bonds is 6. The molecule has 3 N–H and O–H groups in total. The highest BCUT2D eigenvalue weighted by Crippen LogP contribution is 2.26. The molecular formula is C15H22N2O2. The number of H-pyrrole nitrogens is 1. The van der Waals surface area contributed by atoms with Gasteiger partial charge in [-0.3, -0.25) is 0 Å². The van der Waals surface area contributed by atoms with Crippen LogP contribution in [0, 0.1) is 6.92 Å². The van der Waals surface area contributed by atoms with E-state index in [1.165, 1.54) is 0 Å². The minimum Gasteiger partial charge on any atom is -0.490 e. The molecule has 1 atom stereocenters. The van der Waals surface area contributed by atoms with Crippen molar-refractivity contribution in [2.45, 2.75) is 32.9 Å². The molecule has 0 aliphatic heterocycles. The van der Waals surface area contributed by atoms with Crippen molar-refractivity contribution >= 4 is 10.9 Å². The monoisotopic (exact) mass is 262 g/mol. The first kappa shape index (κ1) is 13.9. The number of aromatic nitrogens is 1. The lowest BCUT2D eigenvalue weighted by atomic mass is 10.2. The molecule has 2 rings (SSSR count). The minimum atomic E-state index is -0.502. The quantitative estimate of drug-likeness (QED) is 0.748. The molecule has 104 valence electrons. The van der Waals surface area contributed by atoms with Crippen molar-refractivity contribution in [2.24, 2.45) is 0 Å². The molecule has 0 aliphatic rings. The zero-order chi connectivity index (χ0) is 13.8. The van der Waals surface area contributed by atoms with E-state index in [-0.39, 0.29) is 0 Å². The van der Waals surface area contributed by atoms with Gasteiger partial charge in [-0.15, -0.1) is 0 Å². The van der Waals surface area contributed by atoms with Crippen LogP contribution in [0.1, 0.15) is 19.5 Å². The Hall–Kier alpha value is -1.52. The number of hydrogen-bond donors (Lipinski definition) is 3. The number of nitrogens with one attached hydrogen (secondary N) is 2. The second kappa shape index (κ2) is 6.08. The fourth-order valence-corrected chi connectivity index (χ4v) is 2.01. The first-order chi connectivity index (χ1) is 9.06. The van der Waals surface area contributed by atoms with Crippen LogP contribution >= 0.6 is 0 Å². The fraction of sp³-hybridized carbons (Fsp3) is 0.467. The van der Waals surface area contributed by atoms with Gasteiger partial charge in [0, 0.05) is 29.2 Å². The number of fused-ring (bicyclic) bond motifs is 1. The van der Waals surface area contributed by atoms with Gasteiger partial charge in [0.1, 0.15) is 18.5 Å². The Kier molecular flexibility index (Phi) is 4.45. The Morgan fingerprint density at radius 3 is 2.89 bits per heavy atom. The fourth-order valence-electron chi connectivity index (χ4n) is 2.01. The first-order valence-electron chi connectivity index (χ1n) is 6.69. The SMILES string of the molecule is Cc1cc2c(OC[C@H](O)CNC(C)C)cccc2[nH]1. The number of ether oxygens (including phenoxy) is 1. The molecule has 0 aliphatic carbocycles. The molecular weight excluding hydrogens is 240 g/mol. The van der Waals surface area contributed by atoms with Crippen LogP contribution in [-0.2, 0) is 0 Å². The molecule has 0 bridgehead atoms. The second-order valence-corrected chi connectivity index (χ2v) is 5.20. The average Bonchev–Trinajstić information content (AvgIpc) is 2.74. The van der Waals surface area contributed by atoms with E-state index in [9.17, 15) is 5.11 Å². The van der Waals surface area contributed by atoms with Crippen molar-refractivity contribution < 1.29 is 9.84 Å². The number of aliphatic hydroxyl groups excluding tert-OH is 1. The molecule has 0 unspecified atom stereocenters. The van der Waals surface area contributed by atoms with E-state index in [2.05, 4.69) is 30.2 Å². The molecule has 2 aromatic rings. The molecule has 0 saturated carbocycles. The van der Waals surface area contributed by atoms with Crippen LogP contribution in [0.25, 0.3) is 10.9 Å². The summed E-state index contributed by atoms with van der Waals surface area (Å²) < 4.78 is 5.72. The van der Waals surface area contributed by atoms with Gasteiger partial charge < -0.3 is 20.1 Å². The van der Waals surface area contributed by atoms with E-state index in [0.717, 1.165) is 22.3 Å². The Labute approximate surface area is 113 Å². The summed E-state index contributed by atoms with van der Waals surface area (Å²) in [6.45, 7) is 6.96. The van der Waals surface area contributed by atoms with E-state index >= 15 is 0 Å². The summed E-state index contributed by atoms with van der Waals surface area (Å²) in [6.07, 6.45) is -0.502. The third-order valence-corrected chi connectivity index (χ3v) is 2.95. The maximum absolute atomic E-state index is 9.84. The summed E-state index contributed by atoms with van der Waals surface area (Å²) in [4.78, 5) is 3.27. The maximum Gasteiger partial charge on any atom is 0.128 e. The van der Waals surface area contributed by atoms with Crippen molar-refractivity contribution in [3.63, 3.8) is 0 Å². The lowest BCUT2D eigenvalue weighted by Gasteiger charge is -2.15. The van der Waals surface area contributed by atoms with Gasteiger partial charge in [0.05, 0.1) is 0 Å². The smallest absolute Gasteiger partial charge is 0.128 e. The molecule has 1 aromatic heterocycles. The second-order valence-electron chi connectivity index (χ2n) is 5.20. The number of aryl methyl sites for hydroxylation is 1. The molecule has 0 saturated heterocycles. The zero-order valence-corrected chi connectivity index (χ0v) is 11.7. The van der Waals surface area contributed by atoms with Crippen molar-refractivity contribution in [3.05, 3.63) is 30.0 Å². The molecule has 0 spiro atoms. The van der Waals surface area contributed by atoms with E-state index in [4.69, 9.17) is 4.74 Å². The molecule has 0 fully saturated rings. The summed E-state index contributed by atoms with van der Waals surface area (Å²) in [5.74, 6) is 0.811. The van der Waals surface area contributed by atoms with Crippen molar-refractivity contribution in [1.29, 1.82) is 0 Å².